The van der Waals surface area contributed by atoms with Gasteiger partial charge >= 0.3 is 10.4 Å². The Morgan fingerprint density at radius 3 is 2.27 bits per heavy atom. The van der Waals surface area contributed by atoms with Gasteiger partial charge in [0.25, 0.3) is 0 Å². The Hall–Kier alpha value is -0.130. The second kappa shape index (κ2) is 2.43. The van der Waals surface area contributed by atoms with Crippen molar-refractivity contribution >= 4 is 10.4 Å². The minimum absolute atomic E-state index is 0.391. The van der Waals surface area contributed by atoms with Crippen LogP contribution in [0.3, 0.4) is 0 Å². The summed E-state index contributed by atoms with van der Waals surface area (Å²) in [5.74, 6) is 0. The summed E-state index contributed by atoms with van der Waals surface area (Å²) < 4.78 is 30.9. The maximum atomic E-state index is 10.8. The van der Waals surface area contributed by atoms with Gasteiger partial charge in [0.15, 0.2) is 0 Å². The van der Waals surface area contributed by atoms with Crippen LogP contribution in [0, 0.1) is 0 Å². The van der Waals surface area contributed by atoms with Crippen LogP contribution in [-0.2, 0) is 18.8 Å². The first-order valence-corrected chi connectivity index (χ1v) is 4.87. The van der Waals surface area contributed by atoms with E-state index in [-0.39, 0.29) is 0 Å². The lowest BCUT2D eigenvalue weighted by molar-refractivity contribution is 0.0616. The summed E-state index contributed by atoms with van der Waals surface area (Å²) in [5, 5.41) is 0. The van der Waals surface area contributed by atoms with Crippen molar-refractivity contribution in [2.75, 3.05) is 0 Å². The van der Waals surface area contributed by atoms with Gasteiger partial charge < -0.3 is 0 Å². The van der Waals surface area contributed by atoms with Crippen LogP contribution in [0.1, 0.15) is 27.2 Å². The number of hydrogen-bond donors (Lipinski definition) is 0. The summed E-state index contributed by atoms with van der Waals surface area (Å²) in [7, 11) is -3.72. The fourth-order valence-corrected chi connectivity index (χ4v) is 2.26. The minimum atomic E-state index is -3.72. The van der Waals surface area contributed by atoms with E-state index < -0.39 is 22.1 Å². The molecule has 0 aromatic heterocycles. The normalized spacial score (nSPS) is 42.6. The molecule has 0 radical (unpaired) electrons. The van der Waals surface area contributed by atoms with Gasteiger partial charge in [-0.3, -0.25) is 0 Å². The van der Waals surface area contributed by atoms with Crippen molar-refractivity contribution in [1.29, 1.82) is 0 Å². The maximum absolute atomic E-state index is 10.8. The molecule has 1 aliphatic rings. The molecule has 0 aromatic rings. The molecule has 0 aliphatic carbocycles. The van der Waals surface area contributed by atoms with Crippen molar-refractivity contribution in [3.63, 3.8) is 0 Å². The van der Waals surface area contributed by atoms with Crippen LogP contribution in [0.4, 0.5) is 0 Å². The van der Waals surface area contributed by atoms with Crippen LogP contribution in [0.5, 0.6) is 0 Å². The summed E-state index contributed by atoms with van der Waals surface area (Å²) >= 11 is 0. The molecule has 0 bridgehead atoms. The molecule has 66 valence electrons. The first-order chi connectivity index (χ1) is 4.90. The smallest absolute Gasteiger partial charge is 0.242 e. The van der Waals surface area contributed by atoms with E-state index >= 15 is 0 Å². The second-order valence-corrected chi connectivity index (χ2v) is 4.07. The zero-order chi connectivity index (χ0) is 8.70. The number of hydrogen-bond acceptors (Lipinski definition) is 4. The Kier molecular flexibility index (Phi) is 1.98. The molecule has 5 heteroatoms. The Morgan fingerprint density at radius 1 is 1.55 bits per heavy atom. The van der Waals surface area contributed by atoms with Crippen molar-refractivity contribution in [3.8, 4) is 0 Å². The lowest BCUT2D eigenvalue weighted by atomic mass is 9.98. The highest BCUT2D eigenvalue weighted by molar-refractivity contribution is 7.82. The van der Waals surface area contributed by atoms with Gasteiger partial charge in [-0.1, -0.05) is 6.92 Å². The molecule has 1 saturated heterocycles. The van der Waals surface area contributed by atoms with E-state index in [9.17, 15) is 8.42 Å². The van der Waals surface area contributed by atoms with Gasteiger partial charge in [-0.15, -0.1) is 0 Å². The van der Waals surface area contributed by atoms with Crippen molar-refractivity contribution < 1.29 is 16.8 Å². The average molecular weight is 180 g/mol. The second-order valence-electron chi connectivity index (χ2n) is 2.90. The van der Waals surface area contributed by atoms with Crippen molar-refractivity contribution in [2.24, 2.45) is 0 Å². The van der Waals surface area contributed by atoms with E-state index in [0.29, 0.717) is 6.42 Å². The molecule has 2 unspecified atom stereocenters. The average Bonchev–Trinajstić information content (AvgIpc) is 2.03. The summed E-state index contributed by atoms with van der Waals surface area (Å²) in [5.41, 5.74) is -0.682. The largest absolute Gasteiger partial charge is 0.400 e. The monoisotopic (exact) mass is 180 g/mol. The van der Waals surface area contributed by atoms with Crippen LogP contribution >= 0.6 is 0 Å². The first-order valence-electron chi connectivity index (χ1n) is 3.53. The minimum Gasteiger partial charge on any atom is -0.242 e. The highest BCUT2D eigenvalue weighted by Gasteiger charge is 2.46. The molecule has 1 fully saturated rings. The third kappa shape index (κ3) is 1.55. The van der Waals surface area contributed by atoms with Crippen molar-refractivity contribution in [3.05, 3.63) is 0 Å². The van der Waals surface area contributed by atoms with Crippen LogP contribution in [0.15, 0.2) is 0 Å². The fraction of sp³-hybridized carbons (Fsp3) is 1.00. The molecule has 1 rings (SSSR count). The Morgan fingerprint density at radius 2 is 2.09 bits per heavy atom. The lowest BCUT2D eigenvalue weighted by Crippen LogP contribution is -2.33. The Bertz CT molecular complexity index is 245. The van der Waals surface area contributed by atoms with Crippen molar-refractivity contribution in [1.82, 2.24) is 0 Å². The van der Waals surface area contributed by atoms with Gasteiger partial charge in [-0.2, -0.15) is 8.42 Å². The summed E-state index contributed by atoms with van der Waals surface area (Å²) in [6.45, 7) is 5.27. The topological polar surface area (TPSA) is 52.6 Å². The van der Waals surface area contributed by atoms with Gasteiger partial charge in [-0.25, -0.2) is 8.37 Å². The molecule has 0 amide bonds. The molecule has 4 nitrogen and oxygen atoms in total. The molecule has 0 spiro atoms. The lowest BCUT2D eigenvalue weighted by Gasteiger charge is -2.20. The molecular formula is C6H12O4S. The first kappa shape index (κ1) is 8.96. The molecule has 1 heterocycles. The van der Waals surface area contributed by atoms with Gasteiger partial charge in [0.2, 0.25) is 0 Å². The molecule has 2 atom stereocenters. The van der Waals surface area contributed by atoms with Gasteiger partial charge in [0, 0.05) is 0 Å². The maximum Gasteiger partial charge on any atom is 0.400 e. The van der Waals surface area contributed by atoms with Gasteiger partial charge in [-0.05, 0) is 20.3 Å². The summed E-state index contributed by atoms with van der Waals surface area (Å²) in [6.07, 6.45) is 0.227. The predicted molar refractivity (Wildman–Crippen MR) is 39.2 cm³/mol. The van der Waals surface area contributed by atoms with Crippen molar-refractivity contribution in [2.45, 2.75) is 38.9 Å². The third-order valence-electron chi connectivity index (χ3n) is 2.12. The predicted octanol–water partition coefficient (Wildman–Crippen LogP) is 0.835. The highest BCUT2D eigenvalue weighted by Crippen LogP contribution is 2.32. The number of rotatable bonds is 1. The molecule has 0 N–H and O–H groups in total. The van der Waals surface area contributed by atoms with Crippen LogP contribution < -0.4 is 0 Å². The molecule has 11 heavy (non-hydrogen) atoms. The molecule has 0 aromatic carbocycles. The van der Waals surface area contributed by atoms with E-state index in [2.05, 4.69) is 4.18 Å². The zero-order valence-electron chi connectivity index (χ0n) is 6.83. The van der Waals surface area contributed by atoms with E-state index in [4.69, 9.17) is 4.18 Å². The molecular weight excluding hydrogens is 168 g/mol. The fourth-order valence-electron chi connectivity index (χ4n) is 0.945. The summed E-state index contributed by atoms with van der Waals surface area (Å²) in [4.78, 5) is 0. The van der Waals surface area contributed by atoms with E-state index in [1.165, 1.54) is 0 Å². The van der Waals surface area contributed by atoms with E-state index in [0.717, 1.165) is 0 Å². The standard InChI is InChI=1S/C6H12O4S/c1-4-6(3)5(2)9-11(7,8)10-6/h5H,4H2,1-3H3. The molecule has 1 aliphatic heterocycles. The zero-order valence-corrected chi connectivity index (χ0v) is 7.64. The highest BCUT2D eigenvalue weighted by atomic mass is 32.3. The van der Waals surface area contributed by atoms with Gasteiger partial charge in [0.1, 0.15) is 11.7 Å². The van der Waals surface area contributed by atoms with Crippen LogP contribution in [0.25, 0.3) is 0 Å². The molecule has 0 saturated carbocycles. The Balaban J connectivity index is 2.90. The SMILES string of the molecule is CCC1(C)OS(=O)(=O)OC1C. The van der Waals surface area contributed by atoms with E-state index in [1.54, 1.807) is 13.8 Å². The summed E-state index contributed by atoms with van der Waals surface area (Å²) in [6, 6.07) is 0. The van der Waals surface area contributed by atoms with Crippen LogP contribution in [0.2, 0.25) is 0 Å². The Labute approximate surface area is 66.8 Å². The van der Waals surface area contributed by atoms with Crippen LogP contribution in [-0.4, -0.2) is 20.1 Å². The quantitative estimate of drug-likeness (QED) is 0.600. The van der Waals surface area contributed by atoms with E-state index in [1.807, 2.05) is 6.92 Å². The van der Waals surface area contributed by atoms with Gasteiger partial charge in [0.05, 0.1) is 0 Å². The third-order valence-corrected chi connectivity index (χ3v) is 3.23.